The van der Waals surface area contributed by atoms with Crippen LogP contribution in [0.2, 0.25) is 0 Å². The summed E-state index contributed by atoms with van der Waals surface area (Å²) in [4.78, 5) is 21.1. The monoisotopic (exact) mass is 330 g/mol. The molecular formula is C17H26N6O. The summed E-state index contributed by atoms with van der Waals surface area (Å²) in [7, 11) is 0. The molecule has 0 N–H and O–H groups in total. The Bertz CT molecular complexity index is 640. The molecule has 2 aromatic heterocycles. The lowest BCUT2D eigenvalue weighted by atomic mass is 10.2. The first-order valence-electron chi connectivity index (χ1n) is 8.62. The van der Waals surface area contributed by atoms with Crippen LogP contribution in [-0.4, -0.2) is 67.8 Å². The lowest BCUT2D eigenvalue weighted by molar-refractivity contribution is -0.133. The molecule has 1 fully saturated rings. The van der Waals surface area contributed by atoms with Gasteiger partial charge in [0.2, 0.25) is 5.91 Å². The van der Waals surface area contributed by atoms with Gasteiger partial charge in [-0.1, -0.05) is 13.8 Å². The van der Waals surface area contributed by atoms with Gasteiger partial charge < -0.3 is 9.47 Å². The highest BCUT2D eigenvalue weighted by molar-refractivity contribution is 5.76. The molecule has 1 saturated heterocycles. The van der Waals surface area contributed by atoms with Gasteiger partial charge in [0, 0.05) is 70.0 Å². The van der Waals surface area contributed by atoms with Crippen LogP contribution in [0.15, 0.2) is 30.9 Å². The average Bonchev–Trinajstić information content (AvgIpc) is 3.24. The maximum Gasteiger partial charge on any atom is 0.244 e. The van der Waals surface area contributed by atoms with E-state index in [1.54, 1.807) is 10.9 Å². The lowest BCUT2D eigenvalue weighted by Gasteiger charge is -2.34. The van der Waals surface area contributed by atoms with Crippen molar-refractivity contribution in [3.63, 3.8) is 0 Å². The van der Waals surface area contributed by atoms with Crippen molar-refractivity contribution in [2.24, 2.45) is 0 Å². The van der Waals surface area contributed by atoms with E-state index in [0.29, 0.717) is 12.5 Å². The molecule has 130 valence electrons. The Labute approximate surface area is 142 Å². The van der Waals surface area contributed by atoms with Gasteiger partial charge in [0.1, 0.15) is 12.4 Å². The molecule has 3 rings (SSSR count). The summed E-state index contributed by atoms with van der Waals surface area (Å²) in [6.45, 7) is 10.1. The van der Waals surface area contributed by atoms with Gasteiger partial charge in [0.25, 0.3) is 0 Å². The molecule has 0 aromatic carbocycles. The van der Waals surface area contributed by atoms with Crippen LogP contribution in [0.1, 0.15) is 25.6 Å². The molecule has 7 nitrogen and oxygen atoms in total. The molecule has 0 saturated carbocycles. The third-order valence-corrected chi connectivity index (χ3v) is 4.50. The maximum absolute atomic E-state index is 12.3. The molecule has 0 bridgehead atoms. The van der Waals surface area contributed by atoms with E-state index in [2.05, 4.69) is 39.6 Å². The second-order valence-electron chi connectivity index (χ2n) is 6.56. The molecular weight excluding hydrogens is 304 g/mol. The molecule has 24 heavy (non-hydrogen) atoms. The summed E-state index contributed by atoms with van der Waals surface area (Å²) in [6.07, 6.45) is 7.46. The minimum atomic E-state index is 0.148. The molecule has 0 unspecified atom stereocenters. The van der Waals surface area contributed by atoms with Gasteiger partial charge in [-0.3, -0.25) is 14.4 Å². The number of hydrogen-bond acceptors (Lipinski definition) is 4. The van der Waals surface area contributed by atoms with Gasteiger partial charge in [-0.15, -0.1) is 0 Å². The summed E-state index contributed by atoms with van der Waals surface area (Å²) >= 11 is 0. The fraction of sp³-hybridized carbons (Fsp3) is 0.588. The van der Waals surface area contributed by atoms with Crippen molar-refractivity contribution in [3.8, 4) is 0 Å². The van der Waals surface area contributed by atoms with Crippen LogP contribution in [0.3, 0.4) is 0 Å². The highest BCUT2D eigenvalue weighted by Gasteiger charge is 2.21. The van der Waals surface area contributed by atoms with Crippen molar-refractivity contribution in [1.29, 1.82) is 0 Å². The van der Waals surface area contributed by atoms with Gasteiger partial charge >= 0.3 is 0 Å². The minimum Gasteiger partial charge on any atom is -0.339 e. The molecule has 0 radical (unpaired) electrons. The zero-order valence-corrected chi connectivity index (χ0v) is 14.5. The van der Waals surface area contributed by atoms with E-state index in [1.165, 1.54) is 0 Å². The Kier molecular flexibility index (Phi) is 5.30. The summed E-state index contributed by atoms with van der Waals surface area (Å²) in [5.74, 6) is 1.73. The predicted octanol–water partition coefficient (Wildman–Crippen LogP) is 1.05. The van der Waals surface area contributed by atoms with Crippen molar-refractivity contribution in [1.82, 2.24) is 29.1 Å². The highest BCUT2D eigenvalue weighted by Crippen LogP contribution is 2.12. The number of nitrogens with zero attached hydrogens (tertiary/aromatic N) is 6. The summed E-state index contributed by atoms with van der Waals surface area (Å²) < 4.78 is 3.92. The van der Waals surface area contributed by atoms with E-state index in [-0.39, 0.29) is 5.91 Å². The van der Waals surface area contributed by atoms with Crippen LogP contribution in [0.4, 0.5) is 0 Å². The topological polar surface area (TPSA) is 59.2 Å². The molecule has 2 aromatic rings. The highest BCUT2D eigenvalue weighted by atomic mass is 16.2. The Morgan fingerprint density at radius 3 is 2.58 bits per heavy atom. The van der Waals surface area contributed by atoms with Crippen molar-refractivity contribution in [2.75, 3.05) is 32.7 Å². The summed E-state index contributed by atoms with van der Waals surface area (Å²) in [5, 5.41) is 4.10. The zero-order chi connectivity index (χ0) is 16.9. The molecule has 0 aliphatic carbocycles. The van der Waals surface area contributed by atoms with E-state index in [0.717, 1.165) is 45.1 Å². The Morgan fingerprint density at radius 2 is 1.92 bits per heavy atom. The molecule has 1 aliphatic rings. The van der Waals surface area contributed by atoms with Crippen LogP contribution < -0.4 is 0 Å². The molecule has 0 spiro atoms. The fourth-order valence-corrected chi connectivity index (χ4v) is 3.11. The Balaban J connectivity index is 1.43. The van der Waals surface area contributed by atoms with Gasteiger partial charge in [-0.2, -0.15) is 5.10 Å². The van der Waals surface area contributed by atoms with Crippen LogP contribution >= 0.6 is 0 Å². The summed E-state index contributed by atoms with van der Waals surface area (Å²) in [5.41, 5.74) is 0. The molecule has 1 aliphatic heterocycles. The fourth-order valence-electron chi connectivity index (χ4n) is 3.11. The van der Waals surface area contributed by atoms with Gasteiger partial charge in [-0.25, -0.2) is 4.98 Å². The smallest absolute Gasteiger partial charge is 0.244 e. The largest absolute Gasteiger partial charge is 0.339 e. The number of amides is 1. The first kappa shape index (κ1) is 16.7. The average molecular weight is 330 g/mol. The zero-order valence-electron chi connectivity index (χ0n) is 14.5. The van der Waals surface area contributed by atoms with E-state index in [4.69, 9.17) is 0 Å². The van der Waals surface area contributed by atoms with E-state index < -0.39 is 0 Å². The minimum absolute atomic E-state index is 0.148. The number of hydrogen-bond donors (Lipinski definition) is 0. The van der Waals surface area contributed by atoms with Crippen LogP contribution in [0.25, 0.3) is 0 Å². The van der Waals surface area contributed by atoms with Crippen LogP contribution in [0, 0.1) is 0 Å². The molecule has 1 amide bonds. The second-order valence-corrected chi connectivity index (χ2v) is 6.56. The maximum atomic E-state index is 12.3. The number of rotatable bonds is 6. The van der Waals surface area contributed by atoms with Crippen molar-refractivity contribution in [2.45, 2.75) is 32.9 Å². The van der Waals surface area contributed by atoms with E-state index >= 15 is 0 Å². The molecule has 3 heterocycles. The van der Waals surface area contributed by atoms with Gasteiger partial charge in [0.15, 0.2) is 0 Å². The third kappa shape index (κ3) is 4.03. The number of carbonyl (C=O) groups is 1. The standard InChI is InChI=1S/C17H26N6O/c1-15(2)17-18-5-7-22(17)13-10-20-8-11-21(12-9-20)16(24)14-23-6-3-4-19-23/h3-7,15H,8-14H2,1-2H3. The summed E-state index contributed by atoms with van der Waals surface area (Å²) in [6, 6.07) is 1.84. The predicted molar refractivity (Wildman–Crippen MR) is 91.6 cm³/mol. The van der Waals surface area contributed by atoms with Crippen molar-refractivity contribution >= 4 is 5.91 Å². The number of aromatic nitrogens is 4. The number of imidazole rings is 1. The van der Waals surface area contributed by atoms with E-state index in [1.807, 2.05) is 23.4 Å². The third-order valence-electron chi connectivity index (χ3n) is 4.50. The first-order valence-corrected chi connectivity index (χ1v) is 8.62. The normalized spacial score (nSPS) is 16.0. The lowest BCUT2D eigenvalue weighted by Crippen LogP contribution is -2.50. The quantitative estimate of drug-likeness (QED) is 0.794. The van der Waals surface area contributed by atoms with Gasteiger partial charge in [-0.05, 0) is 6.07 Å². The second kappa shape index (κ2) is 7.61. The van der Waals surface area contributed by atoms with E-state index in [9.17, 15) is 4.79 Å². The molecule has 7 heteroatoms. The first-order chi connectivity index (χ1) is 11.6. The van der Waals surface area contributed by atoms with Crippen LogP contribution in [0.5, 0.6) is 0 Å². The van der Waals surface area contributed by atoms with Crippen molar-refractivity contribution in [3.05, 3.63) is 36.7 Å². The van der Waals surface area contributed by atoms with Crippen LogP contribution in [-0.2, 0) is 17.9 Å². The number of piperazine rings is 1. The SMILES string of the molecule is CC(C)c1nccn1CCN1CCN(C(=O)Cn2cccn2)CC1. The Morgan fingerprint density at radius 1 is 1.12 bits per heavy atom. The van der Waals surface area contributed by atoms with Gasteiger partial charge in [0.05, 0.1) is 0 Å². The number of carbonyl (C=O) groups excluding carboxylic acids is 1. The van der Waals surface area contributed by atoms with Crippen molar-refractivity contribution < 1.29 is 4.79 Å². The Hall–Kier alpha value is -2.15. The molecule has 0 atom stereocenters.